The first-order chi connectivity index (χ1) is 6.63. The van der Waals surface area contributed by atoms with Gasteiger partial charge in [-0.25, -0.2) is 0 Å². The Labute approximate surface area is 97.5 Å². The van der Waals surface area contributed by atoms with E-state index >= 15 is 0 Å². The van der Waals surface area contributed by atoms with Crippen molar-refractivity contribution >= 4 is 28.6 Å². The van der Waals surface area contributed by atoms with E-state index < -0.39 is 5.97 Å². The maximum atomic E-state index is 10.8. The molecular weight excluding hydrogens is 291 g/mol. The molecule has 1 rings (SSSR count). The quantitative estimate of drug-likeness (QED) is 0.868. The second-order valence-corrected chi connectivity index (χ2v) is 4.52. The van der Waals surface area contributed by atoms with Crippen LogP contribution in [0.1, 0.15) is 18.9 Å². The van der Waals surface area contributed by atoms with E-state index in [1.54, 1.807) is 0 Å². The molecule has 1 unspecified atom stereocenters. The predicted octanol–water partition coefficient (Wildman–Crippen LogP) is 2.94. The van der Waals surface area contributed by atoms with Crippen LogP contribution in [0.15, 0.2) is 24.3 Å². The molecule has 1 N–H and O–H groups in total. The summed E-state index contributed by atoms with van der Waals surface area (Å²) in [6.07, 6.45) is 1.31. The topological polar surface area (TPSA) is 37.3 Å². The summed E-state index contributed by atoms with van der Waals surface area (Å²) in [5.74, 6) is -0.957. The van der Waals surface area contributed by atoms with E-state index in [0.717, 1.165) is 5.56 Å². The van der Waals surface area contributed by atoms with Gasteiger partial charge in [-0.05, 0) is 53.1 Å². The fraction of sp³-hybridized carbons (Fsp3) is 0.364. The molecule has 0 aliphatic rings. The highest BCUT2D eigenvalue weighted by molar-refractivity contribution is 14.1. The Kier molecular flexibility index (Phi) is 4.38. The summed E-state index contributed by atoms with van der Waals surface area (Å²) in [6, 6.07) is 8.00. The average Bonchev–Trinajstić information content (AvgIpc) is 2.16. The number of carboxylic acids is 1. The van der Waals surface area contributed by atoms with Gasteiger partial charge in [0, 0.05) is 3.57 Å². The van der Waals surface area contributed by atoms with Crippen molar-refractivity contribution in [3.8, 4) is 0 Å². The van der Waals surface area contributed by atoms with Crippen LogP contribution in [0.3, 0.4) is 0 Å². The van der Waals surface area contributed by atoms with Crippen molar-refractivity contribution in [2.75, 3.05) is 0 Å². The third-order valence-corrected chi connectivity index (χ3v) is 2.96. The Bertz CT molecular complexity index is 306. The lowest BCUT2D eigenvalue weighted by Crippen LogP contribution is -2.15. The van der Waals surface area contributed by atoms with Crippen LogP contribution in [-0.4, -0.2) is 11.1 Å². The summed E-state index contributed by atoms with van der Waals surface area (Å²) >= 11 is 2.24. The van der Waals surface area contributed by atoms with Crippen molar-refractivity contribution in [3.63, 3.8) is 0 Å². The van der Waals surface area contributed by atoms with Crippen molar-refractivity contribution in [2.24, 2.45) is 5.92 Å². The van der Waals surface area contributed by atoms with Crippen molar-refractivity contribution < 1.29 is 9.90 Å². The number of aliphatic carboxylic acids is 1. The number of rotatable bonds is 4. The summed E-state index contributed by atoms with van der Waals surface area (Å²) in [5.41, 5.74) is 1.10. The number of hydrogen-bond donors (Lipinski definition) is 1. The van der Waals surface area contributed by atoms with Gasteiger partial charge in [-0.3, -0.25) is 4.79 Å². The zero-order valence-corrected chi connectivity index (χ0v) is 10.2. The third kappa shape index (κ3) is 3.29. The molecule has 1 aromatic carbocycles. The third-order valence-electron chi connectivity index (χ3n) is 2.24. The van der Waals surface area contributed by atoms with E-state index in [4.69, 9.17) is 5.11 Å². The lowest BCUT2D eigenvalue weighted by atomic mass is 9.97. The highest BCUT2D eigenvalue weighted by Gasteiger charge is 2.14. The number of carbonyl (C=O) groups is 1. The Balaban J connectivity index is 2.67. The van der Waals surface area contributed by atoms with Crippen LogP contribution in [0.4, 0.5) is 0 Å². The molecule has 0 aliphatic carbocycles. The molecule has 76 valence electrons. The van der Waals surface area contributed by atoms with Gasteiger partial charge in [-0.2, -0.15) is 0 Å². The normalized spacial score (nSPS) is 12.4. The number of benzene rings is 1. The summed E-state index contributed by atoms with van der Waals surface area (Å²) in [6.45, 7) is 1.91. The number of halogens is 1. The Morgan fingerprint density at radius 3 is 2.43 bits per heavy atom. The zero-order chi connectivity index (χ0) is 10.6. The molecule has 0 saturated carbocycles. The molecular formula is C11H13IO2. The molecule has 0 spiro atoms. The first-order valence-electron chi connectivity index (χ1n) is 4.60. The second-order valence-electron chi connectivity index (χ2n) is 3.27. The number of carboxylic acid groups (broad SMARTS) is 1. The van der Waals surface area contributed by atoms with Crippen LogP contribution in [0.25, 0.3) is 0 Å². The van der Waals surface area contributed by atoms with Crippen LogP contribution in [0, 0.1) is 9.49 Å². The minimum atomic E-state index is -0.703. The van der Waals surface area contributed by atoms with E-state index in [0.29, 0.717) is 12.8 Å². The molecule has 3 heteroatoms. The van der Waals surface area contributed by atoms with Crippen LogP contribution < -0.4 is 0 Å². The van der Waals surface area contributed by atoms with Gasteiger partial charge in [0.2, 0.25) is 0 Å². The Hall–Kier alpha value is -0.580. The summed E-state index contributed by atoms with van der Waals surface area (Å²) < 4.78 is 1.18. The van der Waals surface area contributed by atoms with E-state index in [2.05, 4.69) is 22.6 Å². The highest BCUT2D eigenvalue weighted by Crippen LogP contribution is 2.14. The number of hydrogen-bond acceptors (Lipinski definition) is 1. The molecule has 0 radical (unpaired) electrons. The van der Waals surface area contributed by atoms with E-state index in [-0.39, 0.29) is 5.92 Å². The molecule has 1 atom stereocenters. The minimum Gasteiger partial charge on any atom is -0.481 e. The standard InChI is InChI=1S/C11H13IO2/c1-2-9(11(13)14)7-8-3-5-10(12)6-4-8/h3-6,9H,2,7H2,1H3,(H,13,14). The average molecular weight is 304 g/mol. The van der Waals surface area contributed by atoms with Crippen LogP contribution >= 0.6 is 22.6 Å². The summed E-state index contributed by atoms with van der Waals surface area (Å²) in [7, 11) is 0. The van der Waals surface area contributed by atoms with Crippen molar-refractivity contribution in [2.45, 2.75) is 19.8 Å². The molecule has 0 bridgehead atoms. The Morgan fingerprint density at radius 2 is 2.00 bits per heavy atom. The van der Waals surface area contributed by atoms with Gasteiger partial charge in [0.25, 0.3) is 0 Å². The van der Waals surface area contributed by atoms with Crippen molar-refractivity contribution in [3.05, 3.63) is 33.4 Å². The van der Waals surface area contributed by atoms with E-state index in [1.165, 1.54) is 3.57 Å². The van der Waals surface area contributed by atoms with Gasteiger partial charge in [0.15, 0.2) is 0 Å². The summed E-state index contributed by atoms with van der Waals surface area (Å²) in [5, 5.41) is 8.89. The van der Waals surface area contributed by atoms with Gasteiger partial charge in [0.1, 0.15) is 0 Å². The van der Waals surface area contributed by atoms with E-state index in [9.17, 15) is 4.79 Å². The van der Waals surface area contributed by atoms with E-state index in [1.807, 2.05) is 31.2 Å². The highest BCUT2D eigenvalue weighted by atomic mass is 127. The molecule has 14 heavy (non-hydrogen) atoms. The molecule has 0 saturated heterocycles. The van der Waals surface area contributed by atoms with Crippen LogP contribution in [-0.2, 0) is 11.2 Å². The molecule has 2 nitrogen and oxygen atoms in total. The maximum absolute atomic E-state index is 10.8. The monoisotopic (exact) mass is 304 g/mol. The SMILES string of the molecule is CCC(Cc1ccc(I)cc1)C(=O)O. The Morgan fingerprint density at radius 1 is 1.43 bits per heavy atom. The fourth-order valence-corrected chi connectivity index (χ4v) is 1.67. The van der Waals surface area contributed by atoms with Crippen molar-refractivity contribution in [1.29, 1.82) is 0 Å². The maximum Gasteiger partial charge on any atom is 0.306 e. The molecule has 0 aliphatic heterocycles. The van der Waals surface area contributed by atoms with Gasteiger partial charge in [-0.1, -0.05) is 19.1 Å². The largest absolute Gasteiger partial charge is 0.481 e. The molecule has 1 aromatic rings. The predicted molar refractivity (Wildman–Crippen MR) is 64.3 cm³/mol. The lowest BCUT2D eigenvalue weighted by Gasteiger charge is -2.09. The first kappa shape index (κ1) is 11.5. The van der Waals surface area contributed by atoms with Gasteiger partial charge in [-0.15, -0.1) is 0 Å². The second kappa shape index (κ2) is 5.34. The van der Waals surface area contributed by atoms with Crippen LogP contribution in [0.5, 0.6) is 0 Å². The summed E-state index contributed by atoms with van der Waals surface area (Å²) in [4.78, 5) is 10.8. The fourth-order valence-electron chi connectivity index (χ4n) is 1.31. The first-order valence-corrected chi connectivity index (χ1v) is 5.68. The smallest absolute Gasteiger partial charge is 0.306 e. The van der Waals surface area contributed by atoms with Gasteiger partial charge < -0.3 is 5.11 Å². The van der Waals surface area contributed by atoms with Gasteiger partial charge >= 0.3 is 5.97 Å². The van der Waals surface area contributed by atoms with Crippen molar-refractivity contribution in [1.82, 2.24) is 0 Å². The molecule has 0 amide bonds. The molecule has 0 fully saturated rings. The molecule has 0 heterocycles. The molecule has 0 aromatic heterocycles. The van der Waals surface area contributed by atoms with Gasteiger partial charge in [0.05, 0.1) is 5.92 Å². The zero-order valence-electron chi connectivity index (χ0n) is 8.03. The lowest BCUT2D eigenvalue weighted by molar-refractivity contribution is -0.141. The van der Waals surface area contributed by atoms with Crippen LogP contribution in [0.2, 0.25) is 0 Å². The minimum absolute atomic E-state index is 0.255.